The lowest BCUT2D eigenvalue weighted by Gasteiger charge is -2.09. The molecule has 0 fully saturated rings. The first-order valence-electron chi connectivity index (χ1n) is 8.38. The van der Waals surface area contributed by atoms with Crippen molar-refractivity contribution in [2.45, 2.75) is 39.0 Å². The van der Waals surface area contributed by atoms with E-state index in [-0.39, 0.29) is 5.91 Å². The fourth-order valence-corrected chi connectivity index (χ4v) is 4.09. The summed E-state index contributed by atoms with van der Waals surface area (Å²) in [5, 5.41) is 2.86. The molecular formula is C19H21NO3S. The minimum Gasteiger partial charge on any atom is -0.462 e. The lowest BCUT2D eigenvalue weighted by atomic mass is 10.1. The molecule has 0 saturated heterocycles. The minimum atomic E-state index is -0.421. The Morgan fingerprint density at radius 2 is 1.96 bits per heavy atom. The number of rotatable bonds is 4. The summed E-state index contributed by atoms with van der Waals surface area (Å²) < 4.78 is 5.05. The first-order chi connectivity index (χ1) is 11.7. The molecule has 1 amide bonds. The Morgan fingerprint density at radius 3 is 2.79 bits per heavy atom. The number of fused-ring (bicyclic) bond motifs is 1. The van der Waals surface area contributed by atoms with E-state index in [1.165, 1.54) is 29.7 Å². The molecule has 1 aliphatic carbocycles. The fraction of sp³-hybridized carbons (Fsp3) is 0.368. The zero-order chi connectivity index (χ0) is 16.9. The van der Waals surface area contributed by atoms with E-state index in [2.05, 4.69) is 5.32 Å². The standard InChI is InChI=1S/C19H21NO3S/c1-2-23-19(22)14-9-6-7-10-15(14)20-18(21)17-12-13-8-4-3-5-11-16(13)24-17/h6-7,9-10,12H,2-5,8,11H2,1H3,(H,20,21). The van der Waals surface area contributed by atoms with Gasteiger partial charge < -0.3 is 10.1 Å². The van der Waals surface area contributed by atoms with Crippen molar-refractivity contribution in [1.29, 1.82) is 0 Å². The van der Waals surface area contributed by atoms with E-state index < -0.39 is 5.97 Å². The van der Waals surface area contributed by atoms with Gasteiger partial charge in [-0.2, -0.15) is 0 Å². The highest BCUT2D eigenvalue weighted by atomic mass is 32.1. The molecule has 1 aromatic heterocycles. The summed E-state index contributed by atoms with van der Waals surface area (Å²) in [5.74, 6) is -0.583. The van der Waals surface area contributed by atoms with Crippen molar-refractivity contribution in [2.24, 2.45) is 0 Å². The van der Waals surface area contributed by atoms with Gasteiger partial charge in [-0.3, -0.25) is 4.79 Å². The number of esters is 1. The third-order valence-corrected chi connectivity index (χ3v) is 5.38. The number of anilines is 1. The Hall–Kier alpha value is -2.14. The number of thiophene rings is 1. The molecule has 3 rings (SSSR count). The second kappa shape index (κ2) is 7.62. The maximum absolute atomic E-state index is 12.6. The smallest absolute Gasteiger partial charge is 0.340 e. The molecule has 1 aliphatic rings. The molecule has 4 nitrogen and oxygen atoms in total. The third-order valence-electron chi connectivity index (χ3n) is 4.14. The number of ether oxygens (including phenoxy) is 1. The van der Waals surface area contributed by atoms with Crippen LogP contribution in [0.5, 0.6) is 0 Å². The fourth-order valence-electron chi connectivity index (χ4n) is 2.94. The van der Waals surface area contributed by atoms with E-state index in [0.29, 0.717) is 22.7 Å². The molecular weight excluding hydrogens is 322 g/mol. The molecule has 0 spiro atoms. The predicted octanol–water partition coefficient (Wildman–Crippen LogP) is 4.45. The van der Waals surface area contributed by atoms with Crippen LogP contribution >= 0.6 is 11.3 Å². The van der Waals surface area contributed by atoms with E-state index in [1.807, 2.05) is 6.07 Å². The highest BCUT2D eigenvalue weighted by Crippen LogP contribution is 2.29. The lowest BCUT2D eigenvalue weighted by Crippen LogP contribution is -2.15. The van der Waals surface area contributed by atoms with Gasteiger partial charge >= 0.3 is 5.97 Å². The highest BCUT2D eigenvalue weighted by Gasteiger charge is 2.19. The molecule has 2 aromatic rings. The quantitative estimate of drug-likeness (QED) is 0.659. The maximum Gasteiger partial charge on any atom is 0.340 e. The summed E-state index contributed by atoms with van der Waals surface area (Å²) in [6.45, 7) is 2.07. The van der Waals surface area contributed by atoms with Crippen molar-refractivity contribution in [1.82, 2.24) is 0 Å². The van der Waals surface area contributed by atoms with Crippen LogP contribution in [0.15, 0.2) is 30.3 Å². The van der Waals surface area contributed by atoms with Crippen molar-refractivity contribution >= 4 is 28.9 Å². The number of carbonyl (C=O) groups excluding carboxylic acids is 2. The van der Waals surface area contributed by atoms with Gasteiger partial charge in [-0.05, 0) is 56.4 Å². The summed E-state index contributed by atoms with van der Waals surface area (Å²) in [7, 11) is 0. The Kier molecular flexibility index (Phi) is 5.30. The normalized spacial score (nSPS) is 13.7. The molecule has 0 bridgehead atoms. The van der Waals surface area contributed by atoms with Crippen LogP contribution < -0.4 is 5.32 Å². The number of aryl methyl sites for hydroxylation is 2. The average Bonchev–Trinajstić information content (AvgIpc) is 2.86. The van der Waals surface area contributed by atoms with Gasteiger partial charge in [0.25, 0.3) is 5.91 Å². The summed E-state index contributed by atoms with van der Waals surface area (Å²) in [4.78, 5) is 26.6. The summed E-state index contributed by atoms with van der Waals surface area (Å²) in [5.41, 5.74) is 2.18. The van der Waals surface area contributed by atoms with E-state index >= 15 is 0 Å². The maximum atomic E-state index is 12.6. The molecule has 24 heavy (non-hydrogen) atoms. The van der Waals surface area contributed by atoms with Gasteiger partial charge in [-0.1, -0.05) is 18.6 Å². The van der Waals surface area contributed by atoms with Crippen LogP contribution in [0.2, 0.25) is 0 Å². The van der Waals surface area contributed by atoms with Gasteiger partial charge in [-0.25, -0.2) is 4.79 Å². The molecule has 5 heteroatoms. The average molecular weight is 343 g/mol. The van der Waals surface area contributed by atoms with Crippen LogP contribution in [0.25, 0.3) is 0 Å². The zero-order valence-electron chi connectivity index (χ0n) is 13.8. The van der Waals surface area contributed by atoms with E-state index in [0.717, 1.165) is 12.8 Å². The van der Waals surface area contributed by atoms with Gasteiger partial charge in [0.15, 0.2) is 0 Å². The number of nitrogens with one attached hydrogen (secondary N) is 1. The van der Waals surface area contributed by atoms with E-state index in [9.17, 15) is 9.59 Å². The molecule has 0 unspecified atom stereocenters. The van der Waals surface area contributed by atoms with Crippen LogP contribution in [0.1, 0.15) is 56.7 Å². The van der Waals surface area contributed by atoms with Crippen molar-refractivity contribution in [3.05, 3.63) is 51.2 Å². The molecule has 1 heterocycles. The molecule has 126 valence electrons. The minimum absolute atomic E-state index is 0.162. The number of para-hydroxylation sites is 1. The van der Waals surface area contributed by atoms with Gasteiger partial charge in [0.1, 0.15) is 0 Å². The van der Waals surface area contributed by atoms with Crippen LogP contribution in [0, 0.1) is 0 Å². The molecule has 1 aromatic carbocycles. The number of amides is 1. The monoisotopic (exact) mass is 343 g/mol. The predicted molar refractivity (Wildman–Crippen MR) is 95.9 cm³/mol. The largest absolute Gasteiger partial charge is 0.462 e. The highest BCUT2D eigenvalue weighted by molar-refractivity contribution is 7.14. The van der Waals surface area contributed by atoms with Gasteiger partial charge in [0.05, 0.1) is 22.7 Å². The zero-order valence-corrected chi connectivity index (χ0v) is 14.6. The molecule has 0 radical (unpaired) electrons. The molecule has 0 aliphatic heterocycles. The van der Waals surface area contributed by atoms with Crippen LogP contribution in [0.3, 0.4) is 0 Å². The number of hydrogen-bond donors (Lipinski definition) is 1. The molecule has 0 atom stereocenters. The molecule has 0 saturated carbocycles. The van der Waals surface area contributed by atoms with Crippen molar-refractivity contribution in [2.75, 3.05) is 11.9 Å². The second-order valence-electron chi connectivity index (χ2n) is 5.84. The van der Waals surface area contributed by atoms with Crippen LogP contribution in [0.4, 0.5) is 5.69 Å². The van der Waals surface area contributed by atoms with Crippen LogP contribution in [-0.4, -0.2) is 18.5 Å². The van der Waals surface area contributed by atoms with Crippen LogP contribution in [-0.2, 0) is 17.6 Å². The van der Waals surface area contributed by atoms with Crippen molar-refractivity contribution < 1.29 is 14.3 Å². The Bertz CT molecular complexity index is 727. The van der Waals surface area contributed by atoms with Crippen molar-refractivity contribution in [3.8, 4) is 0 Å². The second-order valence-corrected chi connectivity index (χ2v) is 6.98. The summed E-state index contributed by atoms with van der Waals surface area (Å²) in [6, 6.07) is 8.95. The Balaban J connectivity index is 1.79. The number of hydrogen-bond acceptors (Lipinski definition) is 4. The molecule has 1 N–H and O–H groups in total. The Labute approximate surface area is 145 Å². The first kappa shape index (κ1) is 16.7. The Morgan fingerprint density at radius 1 is 1.17 bits per heavy atom. The lowest BCUT2D eigenvalue weighted by molar-refractivity contribution is 0.0527. The van der Waals surface area contributed by atoms with Gasteiger partial charge in [-0.15, -0.1) is 11.3 Å². The first-order valence-corrected chi connectivity index (χ1v) is 9.19. The van der Waals surface area contributed by atoms with Gasteiger partial charge in [0, 0.05) is 4.88 Å². The van der Waals surface area contributed by atoms with E-state index in [4.69, 9.17) is 4.74 Å². The number of benzene rings is 1. The number of carbonyl (C=O) groups is 2. The third kappa shape index (κ3) is 3.67. The summed E-state index contributed by atoms with van der Waals surface area (Å²) in [6.07, 6.45) is 5.76. The van der Waals surface area contributed by atoms with Crippen molar-refractivity contribution in [3.63, 3.8) is 0 Å². The SMILES string of the molecule is CCOC(=O)c1ccccc1NC(=O)c1cc2c(s1)CCCCC2. The topological polar surface area (TPSA) is 55.4 Å². The van der Waals surface area contributed by atoms with E-state index in [1.54, 1.807) is 42.5 Å². The van der Waals surface area contributed by atoms with Gasteiger partial charge in [0.2, 0.25) is 0 Å². The summed E-state index contributed by atoms with van der Waals surface area (Å²) >= 11 is 1.57.